The molecule has 2 rings (SSSR count). The molecule has 2 aromatic carbocycles. The molecule has 0 saturated carbocycles. The molecule has 4 heteroatoms. The Morgan fingerprint density at radius 1 is 1.13 bits per heavy atom. The maximum atomic E-state index is 10.3. The molecule has 0 saturated heterocycles. The highest BCUT2D eigenvalue weighted by molar-refractivity contribution is 5.43. The Kier molecular flexibility index (Phi) is 6.44. The number of hydrogen-bond donors (Lipinski definition) is 2. The van der Waals surface area contributed by atoms with E-state index in [4.69, 9.17) is 9.47 Å². The van der Waals surface area contributed by atoms with E-state index in [1.165, 1.54) is 0 Å². The lowest BCUT2D eigenvalue weighted by Crippen LogP contribution is -2.21. The third kappa shape index (κ3) is 4.71. The number of methoxy groups -OCH3 is 1. The molecule has 0 aromatic heterocycles. The van der Waals surface area contributed by atoms with Crippen molar-refractivity contribution in [1.29, 1.82) is 0 Å². The summed E-state index contributed by atoms with van der Waals surface area (Å²) in [4.78, 5) is 0. The molecule has 0 aliphatic heterocycles. The van der Waals surface area contributed by atoms with Gasteiger partial charge in [-0.05, 0) is 42.7 Å². The van der Waals surface area contributed by atoms with Gasteiger partial charge in [0.1, 0.15) is 0 Å². The predicted octanol–water partition coefficient (Wildman–Crippen LogP) is 3.23. The highest BCUT2D eigenvalue weighted by Crippen LogP contribution is 2.28. The molecule has 0 bridgehead atoms. The van der Waals surface area contributed by atoms with Crippen LogP contribution in [0.5, 0.6) is 11.5 Å². The summed E-state index contributed by atoms with van der Waals surface area (Å²) in [7, 11) is 1.64. The van der Waals surface area contributed by atoms with E-state index in [9.17, 15) is 5.11 Å². The number of hydrogen-bond acceptors (Lipinski definition) is 4. The van der Waals surface area contributed by atoms with Crippen LogP contribution < -0.4 is 14.8 Å². The molecule has 1 unspecified atom stereocenters. The lowest BCUT2D eigenvalue weighted by Gasteiger charge is -2.15. The first-order chi connectivity index (χ1) is 11.2. The molecule has 23 heavy (non-hydrogen) atoms. The SMILES string of the molecule is CCOc1ccc(CNCC(O)c2ccccc2C)cc1OC. The Bertz CT molecular complexity index is 628. The van der Waals surface area contributed by atoms with Crippen molar-refractivity contribution >= 4 is 0 Å². The summed E-state index contributed by atoms with van der Waals surface area (Å²) >= 11 is 0. The van der Waals surface area contributed by atoms with Crippen LogP contribution >= 0.6 is 0 Å². The Hall–Kier alpha value is -2.04. The number of nitrogens with one attached hydrogen (secondary N) is 1. The van der Waals surface area contributed by atoms with Gasteiger partial charge in [0.25, 0.3) is 0 Å². The van der Waals surface area contributed by atoms with Crippen molar-refractivity contribution in [3.63, 3.8) is 0 Å². The molecule has 0 radical (unpaired) electrons. The van der Waals surface area contributed by atoms with E-state index in [0.29, 0.717) is 19.7 Å². The van der Waals surface area contributed by atoms with Gasteiger partial charge in [-0.15, -0.1) is 0 Å². The highest BCUT2D eigenvalue weighted by Gasteiger charge is 2.10. The van der Waals surface area contributed by atoms with Crippen molar-refractivity contribution in [3.05, 3.63) is 59.2 Å². The average Bonchev–Trinajstić information content (AvgIpc) is 2.56. The standard InChI is InChI=1S/C19H25NO3/c1-4-23-18-10-9-15(11-19(18)22-3)12-20-13-17(21)16-8-6-5-7-14(16)2/h5-11,17,20-21H,4,12-13H2,1-3H3. The molecule has 0 fully saturated rings. The Balaban J connectivity index is 1.92. The zero-order valence-electron chi connectivity index (χ0n) is 14.0. The molecule has 2 N–H and O–H groups in total. The molecule has 0 heterocycles. The lowest BCUT2D eigenvalue weighted by atomic mass is 10.0. The summed E-state index contributed by atoms with van der Waals surface area (Å²) < 4.78 is 10.9. The topological polar surface area (TPSA) is 50.7 Å². The van der Waals surface area contributed by atoms with Crippen LogP contribution in [0.25, 0.3) is 0 Å². The van der Waals surface area contributed by atoms with Gasteiger partial charge in [-0.25, -0.2) is 0 Å². The first-order valence-electron chi connectivity index (χ1n) is 7.89. The van der Waals surface area contributed by atoms with Crippen molar-refractivity contribution in [3.8, 4) is 11.5 Å². The third-order valence-corrected chi connectivity index (χ3v) is 3.74. The van der Waals surface area contributed by atoms with Gasteiger partial charge >= 0.3 is 0 Å². The van der Waals surface area contributed by atoms with Crippen molar-refractivity contribution in [2.45, 2.75) is 26.5 Å². The van der Waals surface area contributed by atoms with E-state index in [2.05, 4.69) is 5.32 Å². The van der Waals surface area contributed by atoms with Crippen LogP contribution in [-0.4, -0.2) is 25.4 Å². The van der Waals surface area contributed by atoms with Crippen molar-refractivity contribution in [2.75, 3.05) is 20.3 Å². The number of aryl methyl sites for hydroxylation is 1. The van der Waals surface area contributed by atoms with Gasteiger partial charge in [0.05, 0.1) is 19.8 Å². The monoisotopic (exact) mass is 315 g/mol. The largest absolute Gasteiger partial charge is 0.493 e. The molecular weight excluding hydrogens is 290 g/mol. The van der Waals surface area contributed by atoms with Crippen LogP contribution in [-0.2, 0) is 6.54 Å². The fourth-order valence-electron chi connectivity index (χ4n) is 2.52. The summed E-state index contributed by atoms with van der Waals surface area (Å²) in [6, 6.07) is 13.8. The molecular formula is C19H25NO3. The fraction of sp³-hybridized carbons (Fsp3) is 0.368. The minimum Gasteiger partial charge on any atom is -0.493 e. The summed E-state index contributed by atoms with van der Waals surface area (Å²) in [5, 5.41) is 13.6. The van der Waals surface area contributed by atoms with Gasteiger partial charge in [0.15, 0.2) is 11.5 Å². The Morgan fingerprint density at radius 2 is 1.91 bits per heavy atom. The second kappa shape index (κ2) is 8.56. The van der Waals surface area contributed by atoms with E-state index in [1.807, 2.05) is 56.3 Å². The van der Waals surface area contributed by atoms with Crippen LogP contribution in [0.15, 0.2) is 42.5 Å². The maximum Gasteiger partial charge on any atom is 0.161 e. The maximum absolute atomic E-state index is 10.3. The molecule has 4 nitrogen and oxygen atoms in total. The zero-order valence-corrected chi connectivity index (χ0v) is 14.0. The minimum absolute atomic E-state index is 0.500. The van der Waals surface area contributed by atoms with Gasteiger partial charge in [-0.2, -0.15) is 0 Å². The molecule has 1 atom stereocenters. The van der Waals surface area contributed by atoms with Crippen LogP contribution in [0.4, 0.5) is 0 Å². The van der Waals surface area contributed by atoms with E-state index < -0.39 is 6.10 Å². The first-order valence-corrected chi connectivity index (χ1v) is 7.89. The Morgan fingerprint density at radius 3 is 2.61 bits per heavy atom. The molecule has 0 aliphatic carbocycles. The smallest absolute Gasteiger partial charge is 0.161 e. The minimum atomic E-state index is -0.513. The highest BCUT2D eigenvalue weighted by atomic mass is 16.5. The molecule has 0 spiro atoms. The van der Waals surface area contributed by atoms with Gasteiger partial charge in [-0.3, -0.25) is 0 Å². The Labute approximate surface area is 138 Å². The summed E-state index contributed by atoms with van der Waals surface area (Å²) in [6.45, 7) is 5.72. The second-order valence-corrected chi connectivity index (χ2v) is 5.42. The molecule has 0 aliphatic rings. The van der Waals surface area contributed by atoms with E-state index in [-0.39, 0.29) is 0 Å². The quantitative estimate of drug-likeness (QED) is 0.785. The zero-order chi connectivity index (χ0) is 16.7. The normalized spacial score (nSPS) is 12.0. The van der Waals surface area contributed by atoms with E-state index in [1.54, 1.807) is 7.11 Å². The first kappa shape index (κ1) is 17.3. The van der Waals surface area contributed by atoms with Crippen molar-refractivity contribution in [1.82, 2.24) is 5.32 Å². The number of benzene rings is 2. The summed E-state index contributed by atoms with van der Waals surface area (Å²) in [6.07, 6.45) is -0.513. The third-order valence-electron chi connectivity index (χ3n) is 3.74. The van der Waals surface area contributed by atoms with Crippen molar-refractivity contribution in [2.24, 2.45) is 0 Å². The van der Waals surface area contributed by atoms with Gasteiger partial charge in [-0.1, -0.05) is 30.3 Å². The van der Waals surface area contributed by atoms with Gasteiger partial charge in [0.2, 0.25) is 0 Å². The average molecular weight is 315 g/mol. The van der Waals surface area contributed by atoms with Crippen LogP contribution in [0.1, 0.15) is 29.7 Å². The van der Waals surface area contributed by atoms with E-state index >= 15 is 0 Å². The van der Waals surface area contributed by atoms with Gasteiger partial charge in [0, 0.05) is 13.1 Å². The summed E-state index contributed by atoms with van der Waals surface area (Å²) in [5.74, 6) is 1.48. The van der Waals surface area contributed by atoms with Crippen LogP contribution in [0.2, 0.25) is 0 Å². The van der Waals surface area contributed by atoms with Crippen LogP contribution in [0, 0.1) is 6.92 Å². The number of aliphatic hydroxyl groups is 1. The molecule has 0 amide bonds. The van der Waals surface area contributed by atoms with E-state index in [0.717, 1.165) is 28.2 Å². The fourth-order valence-corrected chi connectivity index (χ4v) is 2.52. The number of rotatable bonds is 8. The van der Waals surface area contributed by atoms with Gasteiger partial charge < -0.3 is 19.9 Å². The van der Waals surface area contributed by atoms with Crippen LogP contribution in [0.3, 0.4) is 0 Å². The molecule has 124 valence electrons. The number of aliphatic hydroxyl groups excluding tert-OH is 1. The predicted molar refractivity (Wildman–Crippen MR) is 92.0 cm³/mol. The number of ether oxygens (including phenoxy) is 2. The second-order valence-electron chi connectivity index (χ2n) is 5.42. The summed E-state index contributed by atoms with van der Waals surface area (Å²) in [5.41, 5.74) is 3.15. The van der Waals surface area contributed by atoms with Crippen molar-refractivity contribution < 1.29 is 14.6 Å². The lowest BCUT2D eigenvalue weighted by molar-refractivity contribution is 0.173. The molecule has 2 aromatic rings.